The molecule has 22 heavy (non-hydrogen) atoms. The first-order valence-corrected chi connectivity index (χ1v) is 6.54. The lowest BCUT2D eigenvalue weighted by Crippen LogP contribution is -2.25. The normalized spacial score (nSPS) is 12.1. The number of aliphatic hydroxyl groups excluding tert-OH is 1. The summed E-state index contributed by atoms with van der Waals surface area (Å²) < 4.78 is 5.03. The van der Waals surface area contributed by atoms with Gasteiger partial charge in [0.25, 0.3) is 5.91 Å². The van der Waals surface area contributed by atoms with Crippen molar-refractivity contribution in [2.24, 2.45) is 5.10 Å². The minimum Gasteiger partial charge on any atom is -0.507 e. The Morgan fingerprint density at radius 1 is 1.27 bits per heavy atom. The van der Waals surface area contributed by atoms with E-state index in [0.29, 0.717) is 16.9 Å². The van der Waals surface area contributed by atoms with Gasteiger partial charge in [-0.2, -0.15) is 5.10 Å². The first-order valence-electron chi connectivity index (χ1n) is 6.54. The van der Waals surface area contributed by atoms with E-state index in [1.165, 1.54) is 19.4 Å². The summed E-state index contributed by atoms with van der Waals surface area (Å²) in [4.78, 5) is 11.8. The summed E-state index contributed by atoms with van der Waals surface area (Å²) in [7, 11) is 1.51. The van der Waals surface area contributed by atoms with Gasteiger partial charge in [0.2, 0.25) is 0 Å². The largest absolute Gasteiger partial charge is 0.507 e. The van der Waals surface area contributed by atoms with Gasteiger partial charge < -0.3 is 14.9 Å². The van der Waals surface area contributed by atoms with Crippen molar-refractivity contribution in [3.8, 4) is 11.5 Å². The van der Waals surface area contributed by atoms with E-state index in [0.717, 1.165) is 0 Å². The Labute approximate surface area is 127 Å². The summed E-state index contributed by atoms with van der Waals surface area (Å²) in [6.45, 7) is 0. The number of carbonyl (C=O) groups is 1. The molecule has 2 rings (SSSR count). The lowest BCUT2D eigenvalue weighted by atomic mass is 10.1. The zero-order valence-corrected chi connectivity index (χ0v) is 11.9. The molecule has 2 aromatic rings. The molecule has 0 saturated heterocycles. The summed E-state index contributed by atoms with van der Waals surface area (Å²) in [5, 5.41) is 23.3. The minimum absolute atomic E-state index is 0.00223. The Hall–Kier alpha value is -2.86. The van der Waals surface area contributed by atoms with Crippen LogP contribution in [0.1, 0.15) is 17.2 Å². The number of rotatable bonds is 5. The Bertz CT molecular complexity index is 671. The number of ether oxygens (including phenoxy) is 1. The van der Waals surface area contributed by atoms with Crippen molar-refractivity contribution in [2.75, 3.05) is 7.11 Å². The molecule has 0 aliphatic heterocycles. The molecular formula is C16H16N2O4. The second-order valence-corrected chi connectivity index (χ2v) is 4.47. The summed E-state index contributed by atoms with van der Waals surface area (Å²) in [5.74, 6) is -0.109. The van der Waals surface area contributed by atoms with Crippen LogP contribution in [0, 0.1) is 0 Å². The van der Waals surface area contributed by atoms with Gasteiger partial charge in [-0.1, -0.05) is 30.3 Å². The third kappa shape index (κ3) is 3.83. The molecule has 1 amide bonds. The molecule has 0 radical (unpaired) electrons. The molecule has 0 saturated carbocycles. The number of nitrogens with one attached hydrogen (secondary N) is 1. The van der Waals surface area contributed by atoms with E-state index in [-0.39, 0.29) is 5.75 Å². The molecule has 0 unspecified atom stereocenters. The molecule has 6 heteroatoms. The highest BCUT2D eigenvalue weighted by atomic mass is 16.5. The van der Waals surface area contributed by atoms with E-state index in [9.17, 15) is 15.0 Å². The van der Waals surface area contributed by atoms with Crippen molar-refractivity contribution < 1.29 is 19.7 Å². The fourth-order valence-electron chi connectivity index (χ4n) is 1.78. The van der Waals surface area contributed by atoms with Gasteiger partial charge in [0.1, 0.15) is 11.5 Å². The van der Waals surface area contributed by atoms with Crippen molar-refractivity contribution in [1.82, 2.24) is 5.43 Å². The SMILES string of the molecule is COc1ccc(O)c(/C=N\NC(=O)[C@H](O)c2ccccc2)c1. The van der Waals surface area contributed by atoms with Crippen LogP contribution in [-0.2, 0) is 4.79 Å². The Morgan fingerprint density at radius 3 is 2.68 bits per heavy atom. The number of carbonyl (C=O) groups excluding carboxylic acids is 1. The maximum Gasteiger partial charge on any atom is 0.273 e. The first-order chi connectivity index (χ1) is 10.6. The molecule has 0 aliphatic carbocycles. The number of hydrogen-bond donors (Lipinski definition) is 3. The highest BCUT2D eigenvalue weighted by Gasteiger charge is 2.15. The molecular weight excluding hydrogens is 284 g/mol. The Kier molecular flexibility index (Phi) is 5.11. The standard InChI is InChI=1S/C16H16N2O4/c1-22-13-7-8-14(19)12(9-13)10-17-18-16(21)15(20)11-5-3-2-4-6-11/h2-10,15,19-20H,1H3,(H,18,21)/b17-10-/t15-/m1/s1. The van der Waals surface area contributed by atoms with Gasteiger partial charge in [0, 0.05) is 5.56 Å². The van der Waals surface area contributed by atoms with Crippen LogP contribution in [0.5, 0.6) is 11.5 Å². The Balaban J connectivity index is 2.02. The first kappa shape index (κ1) is 15.5. The monoisotopic (exact) mass is 300 g/mol. The maximum atomic E-state index is 11.8. The molecule has 3 N–H and O–H groups in total. The molecule has 0 bridgehead atoms. The second kappa shape index (κ2) is 7.24. The maximum absolute atomic E-state index is 11.8. The molecule has 2 aromatic carbocycles. The predicted molar refractivity (Wildman–Crippen MR) is 81.8 cm³/mol. The minimum atomic E-state index is -1.31. The fraction of sp³-hybridized carbons (Fsp3) is 0.125. The van der Waals surface area contributed by atoms with Crippen molar-refractivity contribution in [3.63, 3.8) is 0 Å². The number of phenolic OH excluding ortho intramolecular Hbond substituents is 1. The number of phenols is 1. The van der Waals surface area contributed by atoms with Crippen LogP contribution in [0.25, 0.3) is 0 Å². The number of nitrogens with zero attached hydrogens (tertiary/aromatic N) is 1. The van der Waals surface area contributed by atoms with Gasteiger partial charge in [-0.15, -0.1) is 0 Å². The number of benzene rings is 2. The van der Waals surface area contributed by atoms with Gasteiger partial charge in [-0.3, -0.25) is 4.79 Å². The molecule has 0 aromatic heterocycles. The van der Waals surface area contributed by atoms with Gasteiger partial charge in [0.05, 0.1) is 13.3 Å². The molecule has 0 spiro atoms. The Morgan fingerprint density at radius 2 is 2.00 bits per heavy atom. The van der Waals surface area contributed by atoms with Crippen molar-refractivity contribution >= 4 is 12.1 Å². The number of aliphatic hydroxyl groups is 1. The quantitative estimate of drug-likeness (QED) is 0.577. The van der Waals surface area contributed by atoms with Crippen LogP contribution in [0.4, 0.5) is 0 Å². The van der Waals surface area contributed by atoms with Gasteiger partial charge in [-0.25, -0.2) is 5.43 Å². The highest BCUT2D eigenvalue weighted by Crippen LogP contribution is 2.21. The lowest BCUT2D eigenvalue weighted by Gasteiger charge is -2.08. The number of hydrazone groups is 1. The number of hydrogen-bond acceptors (Lipinski definition) is 5. The third-order valence-electron chi connectivity index (χ3n) is 2.98. The molecule has 1 atom stereocenters. The van der Waals surface area contributed by atoms with E-state index >= 15 is 0 Å². The molecule has 114 valence electrons. The highest BCUT2D eigenvalue weighted by molar-refractivity contribution is 5.87. The van der Waals surface area contributed by atoms with Crippen molar-refractivity contribution in [3.05, 3.63) is 59.7 Å². The van der Waals surface area contributed by atoms with Crippen LogP contribution in [-0.4, -0.2) is 29.4 Å². The predicted octanol–water partition coefficient (Wildman–Crippen LogP) is 1.58. The number of methoxy groups -OCH3 is 1. The summed E-state index contributed by atoms with van der Waals surface area (Å²) in [6.07, 6.45) is -0.0368. The van der Waals surface area contributed by atoms with Gasteiger partial charge in [0.15, 0.2) is 6.10 Å². The second-order valence-electron chi connectivity index (χ2n) is 4.47. The van der Waals surface area contributed by atoms with Crippen LogP contribution >= 0.6 is 0 Å². The smallest absolute Gasteiger partial charge is 0.273 e. The van der Waals surface area contributed by atoms with Crippen LogP contribution in [0.15, 0.2) is 53.6 Å². The third-order valence-corrected chi connectivity index (χ3v) is 2.98. The summed E-state index contributed by atoms with van der Waals surface area (Å²) in [5.41, 5.74) is 3.08. The van der Waals surface area contributed by atoms with Crippen molar-refractivity contribution in [1.29, 1.82) is 0 Å². The van der Waals surface area contributed by atoms with Gasteiger partial charge >= 0.3 is 0 Å². The van der Waals surface area contributed by atoms with Gasteiger partial charge in [-0.05, 0) is 23.8 Å². The number of aromatic hydroxyl groups is 1. The summed E-state index contributed by atoms with van der Waals surface area (Å²) in [6, 6.07) is 13.2. The topological polar surface area (TPSA) is 91.2 Å². The van der Waals surface area contributed by atoms with Crippen LogP contribution < -0.4 is 10.2 Å². The molecule has 0 heterocycles. The lowest BCUT2D eigenvalue weighted by molar-refractivity contribution is -0.129. The van der Waals surface area contributed by atoms with Crippen LogP contribution in [0.2, 0.25) is 0 Å². The zero-order valence-electron chi connectivity index (χ0n) is 11.9. The van der Waals surface area contributed by atoms with E-state index in [4.69, 9.17) is 4.74 Å². The summed E-state index contributed by atoms with van der Waals surface area (Å²) >= 11 is 0. The van der Waals surface area contributed by atoms with Crippen molar-refractivity contribution in [2.45, 2.75) is 6.10 Å². The van der Waals surface area contributed by atoms with Crippen LogP contribution in [0.3, 0.4) is 0 Å². The van der Waals surface area contributed by atoms with E-state index in [1.807, 2.05) is 0 Å². The fourth-order valence-corrected chi connectivity index (χ4v) is 1.78. The number of amides is 1. The average Bonchev–Trinajstić information content (AvgIpc) is 2.56. The van der Waals surface area contributed by atoms with E-state index in [1.54, 1.807) is 42.5 Å². The van der Waals surface area contributed by atoms with E-state index in [2.05, 4.69) is 10.5 Å². The molecule has 0 fully saturated rings. The van der Waals surface area contributed by atoms with E-state index < -0.39 is 12.0 Å². The molecule has 0 aliphatic rings. The zero-order chi connectivity index (χ0) is 15.9. The average molecular weight is 300 g/mol. The molecule has 6 nitrogen and oxygen atoms in total.